The summed E-state index contributed by atoms with van der Waals surface area (Å²) in [6.45, 7) is 0.588. The van der Waals surface area contributed by atoms with Crippen molar-refractivity contribution in [1.29, 1.82) is 0 Å². The smallest absolute Gasteiger partial charge is 0.258 e. The first kappa shape index (κ1) is 18.2. The summed E-state index contributed by atoms with van der Waals surface area (Å²) < 4.78 is 25.6. The number of carbonyl (C=O) groups is 1. The molecule has 0 radical (unpaired) electrons. The van der Waals surface area contributed by atoms with Crippen LogP contribution >= 0.6 is 27.5 Å². The molecular formula is C17H16BrClN2O3S. The van der Waals surface area contributed by atoms with Crippen LogP contribution in [0.15, 0.2) is 40.9 Å². The summed E-state index contributed by atoms with van der Waals surface area (Å²) in [5.74, 6) is -0.180. The van der Waals surface area contributed by atoms with Gasteiger partial charge in [0.1, 0.15) is 0 Å². The average molecular weight is 444 g/mol. The van der Waals surface area contributed by atoms with Gasteiger partial charge >= 0.3 is 0 Å². The zero-order chi connectivity index (χ0) is 18.4. The van der Waals surface area contributed by atoms with E-state index in [0.29, 0.717) is 12.1 Å². The SMILES string of the molecule is CN(c1cc(C(=O)N2CCc3cc(Br)ccc32)ccc1Cl)S(C)(=O)=O. The second-order valence-electron chi connectivity index (χ2n) is 5.88. The van der Waals surface area contributed by atoms with Crippen LogP contribution in [0, 0.1) is 0 Å². The Bertz CT molecular complexity index is 962. The molecule has 132 valence electrons. The number of halogens is 2. The van der Waals surface area contributed by atoms with E-state index in [0.717, 1.165) is 32.7 Å². The van der Waals surface area contributed by atoms with Crippen molar-refractivity contribution in [3.63, 3.8) is 0 Å². The minimum atomic E-state index is -3.47. The third-order valence-electron chi connectivity index (χ3n) is 4.21. The van der Waals surface area contributed by atoms with E-state index >= 15 is 0 Å². The molecule has 0 saturated heterocycles. The zero-order valence-corrected chi connectivity index (χ0v) is 16.8. The summed E-state index contributed by atoms with van der Waals surface area (Å²) in [4.78, 5) is 14.6. The normalized spacial score (nSPS) is 13.7. The first-order valence-corrected chi connectivity index (χ1v) is 10.5. The molecule has 25 heavy (non-hydrogen) atoms. The van der Waals surface area contributed by atoms with Crippen molar-refractivity contribution in [2.24, 2.45) is 0 Å². The fourth-order valence-corrected chi connectivity index (χ4v) is 4.01. The van der Waals surface area contributed by atoms with E-state index in [1.54, 1.807) is 17.0 Å². The number of sulfonamides is 1. The molecule has 0 bridgehead atoms. The molecule has 0 atom stereocenters. The highest BCUT2D eigenvalue weighted by Crippen LogP contribution is 2.33. The van der Waals surface area contributed by atoms with Gasteiger partial charge in [0.2, 0.25) is 10.0 Å². The lowest BCUT2D eigenvalue weighted by Gasteiger charge is -2.21. The van der Waals surface area contributed by atoms with Gasteiger partial charge in [-0.2, -0.15) is 0 Å². The van der Waals surface area contributed by atoms with Crippen LogP contribution in [0.4, 0.5) is 11.4 Å². The van der Waals surface area contributed by atoms with Gasteiger partial charge in [-0.1, -0.05) is 27.5 Å². The number of anilines is 2. The van der Waals surface area contributed by atoms with Gasteiger partial charge in [-0.25, -0.2) is 8.42 Å². The largest absolute Gasteiger partial charge is 0.308 e. The molecule has 0 fully saturated rings. The van der Waals surface area contributed by atoms with E-state index < -0.39 is 10.0 Å². The maximum atomic E-state index is 12.9. The third-order valence-corrected chi connectivity index (χ3v) is 6.22. The summed E-state index contributed by atoms with van der Waals surface area (Å²) in [7, 11) is -2.06. The molecular weight excluding hydrogens is 428 g/mol. The minimum Gasteiger partial charge on any atom is -0.308 e. The lowest BCUT2D eigenvalue weighted by atomic mass is 10.1. The van der Waals surface area contributed by atoms with E-state index in [1.165, 1.54) is 13.1 Å². The molecule has 0 N–H and O–H groups in total. The number of fused-ring (bicyclic) bond motifs is 1. The standard InChI is InChI=1S/C17H16BrClN2O3S/c1-20(25(2,23)24)16-10-12(3-5-14(16)19)17(22)21-8-7-11-9-13(18)4-6-15(11)21/h3-6,9-10H,7-8H2,1-2H3. The van der Waals surface area contributed by atoms with Crippen molar-refractivity contribution < 1.29 is 13.2 Å². The maximum absolute atomic E-state index is 12.9. The highest BCUT2D eigenvalue weighted by Gasteiger charge is 2.27. The molecule has 0 aromatic heterocycles. The molecule has 5 nitrogen and oxygen atoms in total. The van der Waals surface area contributed by atoms with E-state index in [1.807, 2.05) is 18.2 Å². The Morgan fingerprint density at radius 3 is 2.64 bits per heavy atom. The van der Waals surface area contributed by atoms with Crippen LogP contribution in [0.1, 0.15) is 15.9 Å². The summed E-state index contributed by atoms with van der Waals surface area (Å²) in [5.41, 5.74) is 2.65. The number of amides is 1. The van der Waals surface area contributed by atoms with Crippen molar-refractivity contribution in [1.82, 2.24) is 0 Å². The topological polar surface area (TPSA) is 57.7 Å². The summed E-state index contributed by atoms with van der Waals surface area (Å²) in [5, 5.41) is 0.273. The molecule has 0 spiro atoms. The first-order valence-electron chi connectivity index (χ1n) is 7.52. The van der Waals surface area contributed by atoms with Crippen LogP contribution in [0.5, 0.6) is 0 Å². The second kappa shape index (κ2) is 6.63. The van der Waals surface area contributed by atoms with Gasteiger partial charge < -0.3 is 4.90 Å². The summed E-state index contributed by atoms with van der Waals surface area (Å²) >= 11 is 9.56. The minimum absolute atomic E-state index is 0.180. The molecule has 0 saturated carbocycles. The van der Waals surface area contributed by atoms with Crippen LogP contribution in [0.25, 0.3) is 0 Å². The Hall–Kier alpha value is -1.57. The number of rotatable bonds is 3. The molecule has 2 aromatic carbocycles. The molecule has 2 aromatic rings. The van der Waals surface area contributed by atoms with E-state index in [9.17, 15) is 13.2 Å². The van der Waals surface area contributed by atoms with Crippen LogP contribution < -0.4 is 9.21 Å². The molecule has 1 aliphatic rings. The van der Waals surface area contributed by atoms with Crippen LogP contribution in [0.3, 0.4) is 0 Å². The number of nitrogens with zero attached hydrogens (tertiary/aromatic N) is 2. The van der Waals surface area contributed by atoms with Crippen LogP contribution in [-0.4, -0.2) is 34.2 Å². The van der Waals surface area contributed by atoms with Crippen molar-refractivity contribution in [3.8, 4) is 0 Å². The highest BCUT2D eigenvalue weighted by atomic mass is 79.9. The van der Waals surface area contributed by atoms with Gasteiger partial charge in [0.05, 0.1) is 17.0 Å². The predicted octanol–water partition coefficient (Wildman–Crippen LogP) is 3.70. The molecule has 3 rings (SSSR count). The van der Waals surface area contributed by atoms with Crippen molar-refractivity contribution in [2.75, 3.05) is 29.1 Å². The van der Waals surface area contributed by atoms with Crippen molar-refractivity contribution >= 4 is 54.8 Å². The second-order valence-corrected chi connectivity index (χ2v) is 9.21. The summed E-state index contributed by atoms with van der Waals surface area (Å²) in [6, 6.07) is 10.5. The molecule has 8 heteroatoms. The highest BCUT2D eigenvalue weighted by molar-refractivity contribution is 9.10. The summed E-state index contributed by atoms with van der Waals surface area (Å²) in [6.07, 6.45) is 1.87. The van der Waals surface area contributed by atoms with E-state index in [4.69, 9.17) is 11.6 Å². The quantitative estimate of drug-likeness (QED) is 0.727. The number of benzene rings is 2. The van der Waals surface area contributed by atoms with E-state index in [2.05, 4.69) is 15.9 Å². The lowest BCUT2D eigenvalue weighted by molar-refractivity contribution is 0.0989. The Morgan fingerprint density at radius 2 is 1.96 bits per heavy atom. The first-order chi connectivity index (χ1) is 11.7. The Morgan fingerprint density at radius 1 is 1.24 bits per heavy atom. The van der Waals surface area contributed by atoms with Gasteiger partial charge in [0.25, 0.3) is 5.91 Å². The average Bonchev–Trinajstić information content (AvgIpc) is 2.96. The maximum Gasteiger partial charge on any atom is 0.258 e. The van der Waals surface area contributed by atoms with Gasteiger partial charge in [-0.05, 0) is 48.4 Å². The fraction of sp³-hybridized carbons (Fsp3) is 0.235. The van der Waals surface area contributed by atoms with Gasteiger partial charge in [-0.3, -0.25) is 9.10 Å². The molecule has 0 unspecified atom stereocenters. The molecule has 1 amide bonds. The Labute approximate surface area is 160 Å². The van der Waals surface area contributed by atoms with Crippen molar-refractivity contribution in [2.45, 2.75) is 6.42 Å². The molecule has 1 heterocycles. The lowest BCUT2D eigenvalue weighted by Crippen LogP contribution is -2.30. The van der Waals surface area contributed by atoms with Crippen molar-refractivity contribution in [3.05, 3.63) is 57.0 Å². The number of carbonyl (C=O) groups excluding carboxylic acids is 1. The Balaban J connectivity index is 1.97. The Kier molecular flexibility index (Phi) is 4.83. The number of hydrogen-bond donors (Lipinski definition) is 0. The predicted molar refractivity (Wildman–Crippen MR) is 104 cm³/mol. The van der Waals surface area contributed by atoms with Gasteiger partial charge in [0, 0.05) is 29.3 Å². The third kappa shape index (κ3) is 3.54. The fourth-order valence-electron chi connectivity index (χ4n) is 2.80. The zero-order valence-electron chi connectivity index (χ0n) is 13.7. The van der Waals surface area contributed by atoms with Crippen LogP contribution in [-0.2, 0) is 16.4 Å². The molecule has 1 aliphatic heterocycles. The number of hydrogen-bond acceptors (Lipinski definition) is 3. The van der Waals surface area contributed by atoms with E-state index in [-0.39, 0.29) is 16.6 Å². The van der Waals surface area contributed by atoms with Crippen LogP contribution in [0.2, 0.25) is 5.02 Å². The monoisotopic (exact) mass is 442 g/mol. The van der Waals surface area contributed by atoms with Gasteiger partial charge in [0.15, 0.2) is 0 Å². The molecule has 0 aliphatic carbocycles. The van der Waals surface area contributed by atoms with Gasteiger partial charge in [-0.15, -0.1) is 0 Å².